The molecule has 0 saturated heterocycles. The van der Waals surface area contributed by atoms with E-state index in [0.717, 1.165) is 12.1 Å². The first-order valence-electron chi connectivity index (χ1n) is 6.33. The minimum atomic E-state index is -0.157. The van der Waals surface area contributed by atoms with E-state index in [1.54, 1.807) is 15.6 Å². The van der Waals surface area contributed by atoms with Crippen LogP contribution in [0.15, 0.2) is 11.2 Å². The van der Waals surface area contributed by atoms with Crippen LogP contribution in [0.2, 0.25) is 0 Å². The molecule has 1 aromatic heterocycles. The third kappa shape index (κ3) is 3.70. The molecule has 0 fully saturated rings. The Bertz CT molecular complexity index is 467. The number of carbonyl (C=O) groups is 1. The van der Waals surface area contributed by atoms with E-state index in [2.05, 4.69) is 10.3 Å². The largest absolute Gasteiger partial charge is 0.409 e. The topological polar surface area (TPSA) is 96.7 Å². The number of amides is 1. The highest BCUT2D eigenvalue weighted by Crippen LogP contribution is 2.08. The average Bonchev–Trinajstić information content (AvgIpc) is 2.78. The molecule has 7 nitrogen and oxygen atoms in total. The number of nitrogens with zero attached hydrogens (tertiary/aromatic N) is 4. The van der Waals surface area contributed by atoms with Crippen LogP contribution in [0.4, 0.5) is 0 Å². The highest BCUT2D eigenvalue weighted by Gasteiger charge is 2.20. The Balaban J connectivity index is 2.98. The standard InChI is InChI=1S/C12H21N5O2/c1-4-6-16(8-11(13)15-19)12(18)10-7-9(3)14-17(10)5-2/h7,19H,4-6,8H2,1-3H3,(H2,13,15). The van der Waals surface area contributed by atoms with E-state index >= 15 is 0 Å². The van der Waals surface area contributed by atoms with Crippen LogP contribution in [0.25, 0.3) is 0 Å². The molecule has 106 valence electrons. The maximum Gasteiger partial charge on any atom is 0.272 e. The predicted molar refractivity (Wildman–Crippen MR) is 72.2 cm³/mol. The fourth-order valence-electron chi connectivity index (χ4n) is 1.87. The molecular formula is C12H21N5O2. The van der Waals surface area contributed by atoms with Gasteiger partial charge in [-0.1, -0.05) is 12.1 Å². The van der Waals surface area contributed by atoms with Crippen molar-refractivity contribution in [3.8, 4) is 0 Å². The van der Waals surface area contributed by atoms with Gasteiger partial charge in [-0.05, 0) is 26.3 Å². The fraction of sp³-hybridized carbons (Fsp3) is 0.583. The molecule has 0 spiro atoms. The maximum atomic E-state index is 12.5. The maximum absolute atomic E-state index is 12.5. The van der Waals surface area contributed by atoms with Crippen LogP contribution in [-0.4, -0.2) is 44.7 Å². The number of aromatic nitrogens is 2. The molecule has 0 saturated carbocycles. The van der Waals surface area contributed by atoms with Crippen LogP contribution in [0.1, 0.15) is 36.5 Å². The zero-order chi connectivity index (χ0) is 14.4. The zero-order valence-electron chi connectivity index (χ0n) is 11.6. The summed E-state index contributed by atoms with van der Waals surface area (Å²) < 4.78 is 1.66. The van der Waals surface area contributed by atoms with Gasteiger partial charge >= 0.3 is 0 Å². The van der Waals surface area contributed by atoms with Gasteiger partial charge in [-0.3, -0.25) is 9.48 Å². The second-order valence-corrected chi connectivity index (χ2v) is 4.30. The van der Waals surface area contributed by atoms with Crippen molar-refractivity contribution in [1.82, 2.24) is 14.7 Å². The molecule has 0 bridgehead atoms. The van der Waals surface area contributed by atoms with E-state index in [-0.39, 0.29) is 18.3 Å². The number of hydrogen-bond donors (Lipinski definition) is 2. The summed E-state index contributed by atoms with van der Waals surface area (Å²) in [7, 11) is 0. The van der Waals surface area contributed by atoms with E-state index in [1.165, 1.54) is 0 Å². The Morgan fingerprint density at radius 3 is 2.79 bits per heavy atom. The van der Waals surface area contributed by atoms with Gasteiger partial charge in [0, 0.05) is 13.1 Å². The van der Waals surface area contributed by atoms with Gasteiger partial charge in [-0.25, -0.2) is 0 Å². The van der Waals surface area contributed by atoms with Crippen LogP contribution < -0.4 is 5.73 Å². The van der Waals surface area contributed by atoms with Gasteiger partial charge in [0.25, 0.3) is 5.91 Å². The minimum Gasteiger partial charge on any atom is -0.409 e. The summed E-state index contributed by atoms with van der Waals surface area (Å²) in [5, 5.41) is 15.8. The third-order valence-electron chi connectivity index (χ3n) is 2.68. The summed E-state index contributed by atoms with van der Waals surface area (Å²) in [5.74, 6) is -0.142. The van der Waals surface area contributed by atoms with Gasteiger partial charge in [-0.15, -0.1) is 0 Å². The van der Waals surface area contributed by atoms with Gasteiger partial charge in [0.15, 0.2) is 5.84 Å². The lowest BCUT2D eigenvalue weighted by molar-refractivity contribution is 0.0766. The second-order valence-electron chi connectivity index (χ2n) is 4.30. The zero-order valence-corrected chi connectivity index (χ0v) is 11.6. The first-order chi connectivity index (χ1) is 9.03. The lowest BCUT2D eigenvalue weighted by atomic mass is 10.3. The smallest absolute Gasteiger partial charge is 0.272 e. The second kappa shape index (κ2) is 6.77. The molecule has 19 heavy (non-hydrogen) atoms. The molecular weight excluding hydrogens is 246 g/mol. The Morgan fingerprint density at radius 1 is 1.58 bits per heavy atom. The fourth-order valence-corrected chi connectivity index (χ4v) is 1.87. The lowest BCUT2D eigenvalue weighted by Crippen LogP contribution is -2.40. The molecule has 0 radical (unpaired) electrons. The van der Waals surface area contributed by atoms with E-state index in [0.29, 0.717) is 18.8 Å². The Kier molecular flexibility index (Phi) is 5.35. The van der Waals surface area contributed by atoms with Gasteiger partial charge in [0.1, 0.15) is 5.69 Å². The molecule has 1 heterocycles. The normalized spacial score (nSPS) is 11.6. The predicted octanol–water partition coefficient (Wildman–Crippen LogP) is 0.810. The van der Waals surface area contributed by atoms with E-state index < -0.39 is 0 Å². The van der Waals surface area contributed by atoms with Gasteiger partial charge in [-0.2, -0.15) is 5.10 Å². The highest BCUT2D eigenvalue weighted by atomic mass is 16.4. The molecule has 0 aliphatic carbocycles. The molecule has 7 heteroatoms. The van der Waals surface area contributed by atoms with E-state index in [1.807, 2.05) is 20.8 Å². The number of oxime groups is 1. The quantitative estimate of drug-likeness (QED) is 0.345. The lowest BCUT2D eigenvalue weighted by Gasteiger charge is -2.21. The molecule has 1 rings (SSSR count). The minimum absolute atomic E-state index is 0.0149. The summed E-state index contributed by atoms with van der Waals surface area (Å²) in [6, 6.07) is 1.75. The monoisotopic (exact) mass is 267 g/mol. The first-order valence-corrected chi connectivity index (χ1v) is 6.33. The van der Waals surface area contributed by atoms with Crippen molar-refractivity contribution in [3.05, 3.63) is 17.5 Å². The van der Waals surface area contributed by atoms with Crippen molar-refractivity contribution in [2.45, 2.75) is 33.7 Å². The summed E-state index contributed by atoms with van der Waals surface area (Å²) in [6.07, 6.45) is 0.795. The molecule has 1 aromatic rings. The number of aryl methyl sites for hydroxylation is 2. The molecule has 3 N–H and O–H groups in total. The Hall–Kier alpha value is -2.05. The molecule has 0 aromatic carbocycles. The van der Waals surface area contributed by atoms with E-state index in [9.17, 15) is 4.79 Å². The molecule has 0 aliphatic rings. The molecule has 1 amide bonds. The molecule has 0 atom stereocenters. The highest BCUT2D eigenvalue weighted by molar-refractivity contribution is 5.95. The number of carbonyl (C=O) groups excluding carboxylic acids is 1. The van der Waals surface area contributed by atoms with Crippen LogP contribution >= 0.6 is 0 Å². The van der Waals surface area contributed by atoms with Crippen LogP contribution in [0, 0.1) is 6.92 Å². The number of amidine groups is 1. The first kappa shape index (κ1) is 15.0. The van der Waals surface area contributed by atoms with Crippen LogP contribution in [-0.2, 0) is 6.54 Å². The Morgan fingerprint density at radius 2 is 2.26 bits per heavy atom. The van der Waals surface area contributed by atoms with Crippen molar-refractivity contribution in [1.29, 1.82) is 0 Å². The summed E-state index contributed by atoms with van der Waals surface area (Å²) >= 11 is 0. The molecule has 0 unspecified atom stereocenters. The number of nitrogens with two attached hydrogens (primary N) is 1. The van der Waals surface area contributed by atoms with E-state index in [4.69, 9.17) is 10.9 Å². The van der Waals surface area contributed by atoms with Crippen molar-refractivity contribution in [2.24, 2.45) is 10.9 Å². The Labute approximate surface area is 112 Å². The van der Waals surface area contributed by atoms with Crippen molar-refractivity contribution in [3.63, 3.8) is 0 Å². The summed E-state index contributed by atoms with van der Waals surface area (Å²) in [5.41, 5.74) is 6.80. The third-order valence-corrected chi connectivity index (χ3v) is 2.68. The SMILES string of the molecule is CCCN(CC(N)=NO)C(=O)c1cc(C)nn1CC. The van der Waals surface area contributed by atoms with Crippen molar-refractivity contribution >= 4 is 11.7 Å². The molecule has 0 aliphatic heterocycles. The van der Waals surface area contributed by atoms with Crippen LogP contribution in [0.3, 0.4) is 0 Å². The van der Waals surface area contributed by atoms with Crippen LogP contribution in [0.5, 0.6) is 0 Å². The van der Waals surface area contributed by atoms with Gasteiger partial charge in [0.05, 0.1) is 12.2 Å². The summed E-state index contributed by atoms with van der Waals surface area (Å²) in [4.78, 5) is 14.0. The number of rotatable bonds is 6. The van der Waals surface area contributed by atoms with Crippen molar-refractivity contribution in [2.75, 3.05) is 13.1 Å². The summed E-state index contributed by atoms with van der Waals surface area (Å²) in [6.45, 7) is 7.01. The number of hydrogen-bond acceptors (Lipinski definition) is 4. The average molecular weight is 267 g/mol. The van der Waals surface area contributed by atoms with Gasteiger partial charge < -0.3 is 15.8 Å². The van der Waals surface area contributed by atoms with Gasteiger partial charge in [0.2, 0.25) is 0 Å². The van der Waals surface area contributed by atoms with Crippen molar-refractivity contribution < 1.29 is 10.0 Å².